The van der Waals surface area contributed by atoms with Gasteiger partial charge in [0.25, 0.3) is 0 Å². The molecule has 0 saturated heterocycles. The van der Waals surface area contributed by atoms with E-state index in [0.717, 1.165) is 0 Å². The summed E-state index contributed by atoms with van der Waals surface area (Å²) in [7, 11) is 0. The SMILES string of the molecule is O=C([O-])C(F)(F)C(F)(F)C(F)(F)C(F)(F)C(F)(F)C(=O)[O-].[K+].[K+]. The van der Waals surface area contributed by atoms with Crippen molar-refractivity contribution in [3.8, 4) is 0 Å². The van der Waals surface area contributed by atoms with Gasteiger partial charge in [-0.05, 0) is 0 Å². The number of carboxylic acids is 2. The van der Waals surface area contributed by atoms with E-state index in [0.29, 0.717) is 0 Å². The second-order valence-electron chi connectivity index (χ2n) is 3.45. The normalized spacial score (nSPS) is 13.7. The first kappa shape index (κ1) is 29.3. The van der Waals surface area contributed by atoms with Crippen LogP contribution in [0.5, 0.6) is 0 Å². The first-order valence-corrected chi connectivity index (χ1v) is 4.21. The topological polar surface area (TPSA) is 80.3 Å². The molecule has 0 aromatic rings. The Morgan fingerprint density at radius 3 is 0.826 bits per heavy atom. The maximum Gasteiger partial charge on any atom is 1.00 e. The van der Waals surface area contributed by atoms with E-state index >= 15 is 0 Å². The first-order valence-electron chi connectivity index (χ1n) is 4.21. The van der Waals surface area contributed by atoms with Crippen molar-refractivity contribution < 1.29 is 166 Å². The third-order valence-electron chi connectivity index (χ3n) is 2.09. The third-order valence-corrected chi connectivity index (χ3v) is 2.09. The Balaban J connectivity index is -0.00000200. The number of carbonyl (C=O) groups is 2. The number of halogens is 10. The monoisotopic (exact) mass is 416 g/mol. The number of rotatable bonds is 6. The van der Waals surface area contributed by atoms with E-state index in [1.807, 2.05) is 0 Å². The number of carboxylic acid groups (broad SMARTS) is 2. The van der Waals surface area contributed by atoms with Crippen molar-refractivity contribution >= 4 is 11.9 Å². The molecular weight excluding hydrogens is 416 g/mol. The smallest absolute Gasteiger partial charge is 0.544 e. The minimum atomic E-state index is -7.78. The standard InChI is InChI=1S/C7H2F10O4.2K/c8-3(9,1(18)19)5(12,13)7(16,17)6(14,15)4(10,11)2(20)21;;/h(H,18,19)(H,20,21);;/q;2*+1/p-2. The molecule has 0 heterocycles. The average Bonchev–Trinajstić information content (AvgIpc) is 2.27. The second-order valence-corrected chi connectivity index (χ2v) is 3.45. The number of alkyl halides is 10. The zero-order valence-corrected chi connectivity index (χ0v) is 17.2. The van der Waals surface area contributed by atoms with E-state index in [9.17, 15) is 63.7 Å². The molecule has 0 aromatic carbocycles. The zero-order chi connectivity index (χ0) is 17.7. The first-order chi connectivity index (χ1) is 8.89. The molecule has 4 nitrogen and oxygen atoms in total. The van der Waals surface area contributed by atoms with Crippen LogP contribution < -0.4 is 113 Å². The van der Waals surface area contributed by atoms with Gasteiger partial charge in [0.05, 0.1) is 0 Å². The largest absolute Gasteiger partial charge is 1.00 e. The molecule has 0 unspecified atom stereocenters. The van der Waals surface area contributed by atoms with Crippen LogP contribution in [-0.2, 0) is 9.59 Å². The fraction of sp³-hybridized carbons (Fsp3) is 0.714. The molecule has 0 N–H and O–H groups in total. The molecular formula is C7F10K2O4. The van der Waals surface area contributed by atoms with Gasteiger partial charge in [-0.25, -0.2) is 0 Å². The molecule has 0 bridgehead atoms. The second kappa shape index (κ2) is 8.47. The summed E-state index contributed by atoms with van der Waals surface area (Å²) < 4.78 is 125. The van der Waals surface area contributed by atoms with Gasteiger partial charge in [0.2, 0.25) is 0 Å². The van der Waals surface area contributed by atoms with Crippen LogP contribution in [0.4, 0.5) is 43.9 Å². The molecule has 0 saturated carbocycles. The molecule has 0 aliphatic heterocycles. The maximum atomic E-state index is 12.6. The van der Waals surface area contributed by atoms with Gasteiger partial charge in [0.1, 0.15) is 11.9 Å². The quantitative estimate of drug-likeness (QED) is 0.319. The molecule has 0 rings (SSSR count). The predicted molar refractivity (Wildman–Crippen MR) is 34.7 cm³/mol. The molecule has 23 heavy (non-hydrogen) atoms. The van der Waals surface area contributed by atoms with E-state index in [2.05, 4.69) is 0 Å². The Labute approximate surface area is 204 Å². The molecule has 0 aliphatic carbocycles. The van der Waals surface area contributed by atoms with Gasteiger partial charge < -0.3 is 19.8 Å². The summed E-state index contributed by atoms with van der Waals surface area (Å²) in [6.45, 7) is 0. The summed E-state index contributed by atoms with van der Waals surface area (Å²) >= 11 is 0. The van der Waals surface area contributed by atoms with Crippen LogP contribution >= 0.6 is 0 Å². The number of hydrogen-bond donors (Lipinski definition) is 0. The number of hydrogen-bond acceptors (Lipinski definition) is 4. The van der Waals surface area contributed by atoms with Gasteiger partial charge in [-0.1, -0.05) is 0 Å². The van der Waals surface area contributed by atoms with Crippen LogP contribution in [0.25, 0.3) is 0 Å². The Kier molecular flexibility index (Phi) is 10.8. The summed E-state index contributed by atoms with van der Waals surface area (Å²) in [5.41, 5.74) is 0. The average molecular weight is 416 g/mol. The summed E-state index contributed by atoms with van der Waals surface area (Å²) in [6.07, 6.45) is 0. The van der Waals surface area contributed by atoms with Crippen LogP contribution in [0.1, 0.15) is 0 Å². The van der Waals surface area contributed by atoms with Crippen LogP contribution in [0.3, 0.4) is 0 Å². The van der Waals surface area contributed by atoms with Crippen LogP contribution in [0.15, 0.2) is 0 Å². The Bertz CT molecular complexity index is 426. The molecule has 124 valence electrons. The molecule has 0 atom stereocenters. The third kappa shape index (κ3) is 4.44. The van der Waals surface area contributed by atoms with E-state index in [1.54, 1.807) is 0 Å². The van der Waals surface area contributed by atoms with Gasteiger partial charge in [-0.3, -0.25) is 0 Å². The Hall–Kier alpha value is 1.51. The van der Waals surface area contributed by atoms with Gasteiger partial charge in [-0.15, -0.1) is 0 Å². The minimum absolute atomic E-state index is 0. The van der Waals surface area contributed by atoms with Gasteiger partial charge in [-0.2, -0.15) is 43.9 Å². The van der Waals surface area contributed by atoms with Gasteiger partial charge in [0.15, 0.2) is 0 Å². The van der Waals surface area contributed by atoms with E-state index in [-0.39, 0.29) is 103 Å². The molecule has 0 aliphatic rings. The molecule has 16 heteroatoms. The van der Waals surface area contributed by atoms with Crippen molar-refractivity contribution in [2.45, 2.75) is 29.6 Å². The van der Waals surface area contributed by atoms with Crippen molar-refractivity contribution in [2.24, 2.45) is 0 Å². The Morgan fingerprint density at radius 2 is 0.696 bits per heavy atom. The van der Waals surface area contributed by atoms with Crippen molar-refractivity contribution in [2.75, 3.05) is 0 Å². The fourth-order valence-corrected chi connectivity index (χ4v) is 0.848. The van der Waals surface area contributed by atoms with Crippen molar-refractivity contribution in [3.05, 3.63) is 0 Å². The van der Waals surface area contributed by atoms with Gasteiger partial charge in [0, 0.05) is 0 Å². The molecule has 0 fully saturated rings. The van der Waals surface area contributed by atoms with Gasteiger partial charge >= 0.3 is 132 Å². The number of aliphatic carboxylic acids is 2. The fourth-order valence-electron chi connectivity index (χ4n) is 0.848. The maximum absolute atomic E-state index is 12.6. The number of carbonyl (C=O) groups excluding carboxylic acids is 2. The summed E-state index contributed by atoms with van der Waals surface area (Å²) in [5.74, 6) is -45.6. The zero-order valence-electron chi connectivity index (χ0n) is 10.9. The summed E-state index contributed by atoms with van der Waals surface area (Å²) in [4.78, 5) is 19.2. The van der Waals surface area contributed by atoms with Crippen LogP contribution in [0.2, 0.25) is 0 Å². The van der Waals surface area contributed by atoms with Crippen LogP contribution in [0, 0.1) is 0 Å². The Morgan fingerprint density at radius 1 is 0.522 bits per heavy atom. The molecule has 0 spiro atoms. The molecule has 0 radical (unpaired) electrons. The summed E-state index contributed by atoms with van der Waals surface area (Å²) in [6, 6.07) is 0. The molecule has 0 amide bonds. The molecule has 0 aromatic heterocycles. The summed E-state index contributed by atoms with van der Waals surface area (Å²) in [5, 5.41) is 19.2. The van der Waals surface area contributed by atoms with E-state index in [1.165, 1.54) is 0 Å². The minimum Gasteiger partial charge on any atom is -0.544 e. The van der Waals surface area contributed by atoms with E-state index in [4.69, 9.17) is 0 Å². The predicted octanol–water partition coefficient (Wildman–Crippen LogP) is -6.33. The van der Waals surface area contributed by atoms with Crippen molar-refractivity contribution in [1.29, 1.82) is 0 Å². The van der Waals surface area contributed by atoms with Crippen LogP contribution in [-0.4, -0.2) is 41.6 Å². The van der Waals surface area contributed by atoms with Crippen molar-refractivity contribution in [3.63, 3.8) is 0 Å². The van der Waals surface area contributed by atoms with E-state index < -0.39 is 41.6 Å². The van der Waals surface area contributed by atoms with Crippen molar-refractivity contribution in [1.82, 2.24) is 0 Å².